The first-order valence-electron chi connectivity index (χ1n) is 5.18. The summed E-state index contributed by atoms with van der Waals surface area (Å²) in [5.74, 6) is 0. The first-order valence-corrected chi connectivity index (χ1v) is 5.97. The number of nitrogens with zero attached hydrogens (tertiary/aromatic N) is 1. The first kappa shape index (κ1) is 10.7. The number of benzene rings is 1. The zero-order valence-electron chi connectivity index (χ0n) is 8.67. The highest BCUT2D eigenvalue weighted by atomic mass is 79.9. The van der Waals surface area contributed by atoms with Crippen molar-refractivity contribution in [1.29, 1.82) is 0 Å². The second-order valence-electron chi connectivity index (χ2n) is 3.69. The molecular formula is C12H15BrN2. The van der Waals surface area contributed by atoms with Crippen molar-refractivity contribution in [1.82, 2.24) is 10.2 Å². The van der Waals surface area contributed by atoms with Crippen molar-refractivity contribution in [3.05, 3.63) is 40.9 Å². The van der Waals surface area contributed by atoms with Crippen LogP contribution in [0.4, 0.5) is 0 Å². The van der Waals surface area contributed by atoms with Gasteiger partial charge in [-0.2, -0.15) is 0 Å². The summed E-state index contributed by atoms with van der Waals surface area (Å²) >= 11 is 3.44. The van der Waals surface area contributed by atoms with Crippen molar-refractivity contribution >= 4 is 21.6 Å². The van der Waals surface area contributed by atoms with E-state index in [1.165, 1.54) is 5.56 Å². The average molecular weight is 267 g/mol. The quantitative estimate of drug-likeness (QED) is 0.884. The molecule has 15 heavy (non-hydrogen) atoms. The molecular weight excluding hydrogens is 252 g/mol. The zero-order chi connectivity index (χ0) is 10.7. The Morgan fingerprint density at radius 2 is 1.80 bits per heavy atom. The van der Waals surface area contributed by atoms with Crippen LogP contribution in [0.1, 0.15) is 5.56 Å². The minimum Gasteiger partial charge on any atom is -0.369 e. The Labute approximate surface area is 99.1 Å². The van der Waals surface area contributed by atoms with E-state index in [9.17, 15) is 0 Å². The van der Waals surface area contributed by atoms with Gasteiger partial charge in [0.25, 0.3) is 0 Å². The van der Waals surface area contributed by atoms with E-state index in [2.05, 4.69) is 57.0 Å². The van der Waals surface area contributed by atoms with Crippen LogP contribution in [0.15, 0.2) is 35.3 Å². The van der Waals surface area contributed by atoms with Gasteiger partial charge in [0.1, 0.15) is 0 Å². The molecule has 0 unspecified atom stereocenters. The van der Waals surface area contributed by atoms with Crippen LogP contribution in [-0.2, 0) is 0 Å². The summed E-state index contributed by atoms with van der Waals surface area (Å²) < 4.78 is 1.11. The Morgan fingerprint density at radius 1 is 1.20 bits per heavy atom. The molecule has 3 heteroatoms. The van der Waals surface area contributed by atoms with Crippen LogP contribution in [0.2, 0.25) is 0 Å². The SMILES string of the molecule is C=C(c1ccc(Br)cc1)N1CCNCC1. The average Bonchev–Trinajstić information content (AvgIpc) is 2.30. The van der Waals surface area contributed by atoms with Gasteiger partial charge in [0.15, 0.2) is 0 Å². The summed E-state index contributed by atoms with van der Waals surface area (Å²) in [6.45, 7) is 8.36. The highest BCUT2D eigenvalue weighted by molar-refractivity contribution is 9.10. The molecule has 80 valence electrons. The number of hydrogen-bond donors (Lipinski definition) is 1. The lowest BCUT2D eigenvalue weighted by molar-refractivity contribution is 0.341. The monoisotopic (exact) mass is 266 g/mol. The van der Waals surface area contributed by atoms with E-state index < -0.39 is 0 Å². The summed E-state index contributed by atoms with van der Waals surface area (Å²) in [6, 6.07) is 8.33. The Bertz CT molecular complexity index is 339. The van der Waals surface area contributed by atoms with Gasteiger partial charge in [0.05, 0.1) is 0 Å². The molecule has 1 aliphatic rings. The fraction of sp³-hybridized carbons (Fsp3) is 0.333. The molecule has 0 amide bonds. The Balaban J connectivity index is 2.09. The van der Waals surface area contributed by atoms with Crippen LogP contribution >= 0.6 is 15.9 Å². The van der Waals surface area contributed by atoms with Crippen molar-refractivity contribution in [2.24, 2.45) is 0 Å². The molecule has 2 nitrogen and oxygen atoms in total. The maximum Gasteiger partial charge on any atom is 0.0367 e. The molecule has 0 atom stereocenters. The summed E-state index contributed by atoms with van der Waals surface area (Å²) in [7, 11) is 0. The third kappa shape index (κ3) is 2.61. The van der Waals surface area contributed by atoms with Gasteiger partial charge in [0.2, 0.25) is 0 Å². The molecule has 1 N–H and O–H groups in total. The summed E-state index contributed by atoms with van der Waals surface area (Å²) in [4.78, 5) is 2.33. The molecule has 0 spiro atoms. The molecule has 1 aromatic rings. The fourth-order valence-electron chi connectivity index (χ4n) is 1.76. The van der Waals surface area contributed by atoms with Gasteiger partial charge in [-0.1, -0.05) is 34.6 Å². The maximum absolute atomic E-state index is 4.16. The molecule has 1 fully saturated rings. The lowest BCUT2D eigenvalue weighted by atomic mass is 10.1. The second kappa shape index (κ2) is 4.81. The molecule has 0 radical (unpaired) electrons. The van der Waals surface area contributed by atoms with E-state index in [1.807, 2.05) is 0 Å². The smallest absolute Gasteiger partial charge is 0.0367 e. The predicted molar refractivity (Wildman–Crippen MR) is 67.6 cm³/mol. The Kier molecular flexibility index (Phi) is 3.44. The topological polar surface area (TPSA) is 15.3 Å². The van der Waals surface area contributed by atoms with Crippen LogP contribution in [0.3, 0.4) is 0 Å². The van der Waals surface area contributed by atoms with E-state index in [0.717, 1.165) is 36.3 Å². The van der Waals surface area contributed by atoms with Crippen molar-refractivity contribution in [2.75, 3.05) is 26.2 Å². The number of piperazine rings is 1. The molecule has 1 aromatic carbocycles. The molecule has 0 saturated carbocycles. The molecule has 0 bridgehead atoms. The number of rotatable bonds is 2. The molecule has 1 heterocycles. The van der Waals surface area contributed by atoms with Gasteiger partial charge in [-0.05, 0) is 17.7 Å². The maximum atomic E-state index is 4.16. The van der Waals surface area contributed by atoms with Crippen LogP contribution in [0.25, 0.3) is 5.70 Å². The Morgan fingerprint density at radius 3 is 2.40 bits per heavy atom. The fourth-order valence-corrected chi connectivity index (χ4v) is 2.02. The number of hydrogen-bond acceptors (Lipinski definition) is 2. The van der Waals surface area contributed by atoms with E-state index in [1.54, 1.807) is 0 Å². The van der Waals surface area contributed by atoms with Crippen LogP contribution < -0.4 is 5.32 Å². The van der Waals surface area contributed by atoms with Crippen LogP contribution in [-0.4, -0.2) is 31.1 Å². The third-order valence-corrected chi connectivity index (χ3v) is 3.20. The van der Waals surface area contributed by atoms with Gasteiger partial charge in [0, 0.05) is 36.3 Å². The molecule has 1 saturated heterocycles. The number of nitrogens with one attached hydrogen (secondary N) is 1. The Hall–Kier alpha value is -0.800. The van der Waals surface area contributed by atoms with Gasteiger partial charge in [-0.25, -0.2) is 0 Å². The van der Waals surface area contributed by atoms with Gasteiger partial charge in [-0.3, -0.25) is 0 Å². The first-order chi connectivity index (χ1) is 7.27. The number of halogens is 1. The van der Waals surface area contributed by atoms with E-state index >= 15 is 0 Å². The highest BCUT2D eigenvalue weighted by Crippen LogP contribution is 2.19. The predicted octanol–water partition coefficient (Wildman–Crippen LogP) is 2.33. The second-order valence-corrected chi connectivity index (χ2v) is 4.61. The van der Waals surface area contributed by atoms with E-state index in [0.29, 0.717) is 0 Å². The lowest BCUT2D eigenvalue weighted by Crippen LogP contribution is -2.42. The minimum absolute atomic E-state index is 1.05. The standard InChI is InChI=1S/C12H15BrN2/c1-10(15-8-6-14-7-9-15)11-2-4-12(13)5-3-11/h2-5,14H,1,6-9H2. The van der Waals surface area contributed by atoms with E-state index in [4.69, 9.17) is 0 Å². The molecule has 1 aliphatic heterocycles. The summed E-state index contributed by atoms with van der Waals surface area (Å²) in [6.07, 6.45) is 0. The minimum atomic E-state index is 1.05. The molecule has 0 aromatic heterocycles. The van der Waals surface area contributed by atoms with Crippen molar-refractivity contribution < 1.29 is 0 Å². The summed E-state index contributed by atoms with van der Waals surface area (Å²) in [5.41, 5.74) is 2.34. The van der Waals surface area contributed by atoms with E-state index in [-0.39, 0.29) is 0 Å². The van der Waals surface area contributed by atoms with Crippen molar-refractivity contribution in [2.45, 2.75) is 0 Å². The van der Waals surface area contributed by atoms with Gasteiger partial charge in [-0.15, -0.1) is 0 Å². The summed E-state index contributed by atoms with van der Waals surface area (Å²) in [5, 5.41) is 3.34. The van der Waals surface area contributed by atoms with Gasteiger partial charge < -0.3 is 10.2 Å². The molecule has 0 aliphatic carbocycles. The van der Waals surface area contributed by atoms with Crippen LogP contribution in [0, 0.1) is 0 Å². The molecule has 2 rings (SSSR count). The van der Waals surface area contributed by atoms with Crippen molar-refractivity contribution in [3.8, 4) is 0 Å². The van der Waals surface area contributed by atoms with Crippen molar-refractivity contribution in [3.63, 3.8) is 0 Å². The third-order valence-electron chi connectivity index (χ3n) is 2.68. The largest absolute Gasteiger partial charge is 0.369 e. The normalized spacial score (nSPS) is 16.5. The van der Waals surface area contributed by atoms with Crippen LogP contribution in [0.5, 0.6) is 0 Å². The zero-order valence-corrected chi connectivity index (χ0v) is 10.3. The lowest BCUT2D eigenvalue weighted by Gasteiger charge is -2.31. The van der Waals surface area contributed by atoms with Gasteiger partial charge >= 0.3 is 0 Å². The highest BCUT2D eigenvalue weighted by Gasteiger charge is 2.12.